The van der Waals surface area contributed by atoms with Crippen LogP contribution in [0.5, 0.6) is 0 Å². The van der Waals surface area contributed by atoms with Crippen molar-refractivity contribution in [2.24, 2.45) is 0 Å². The Morgan fingerprint density at radius 2 is 2.00 bits per heavy atom. The second kappa shape index (κ2) is 6.20. The molecule has 0 heterocycles. The minimum absolute atomic E-state index is 0.0712. The zero-order chi connectivity index (χ0) is 13.6. The average molecular weight is 258 g/mol. The molecule has 0 aromatic heterocycles. The first-order chi connectivity index (χ1) is 8.45. The number of nitrogens with one attached hydrogen (secondary N) is 2. The molecule has 0 radical (unpaired) electrons. The molecule has 1 aromatic rings. The summed E-state index contributed by atoms with van der Waals surface area (Å²) in [5.74, 6) is -0.534. The van der Waals surface area contributed by atoms with Crippen LogP contribution in [0.4, 0.5) is 18.9 Å². The van der Waals surface area contributed by atoms with Crippen LogP contribution in [0.15, 0.2) is 36.9 Å². The van der Waals surface area contributed by atoms with Gasteiger partial charge in [0.25, 0.3) is 0 Å². The topological polar surface area (TPSA) is 41.1 Å². The molecule has 0 saturated heterocycles. The summed E-state index contributed by atoms with van der Waals surface area (Å²) < 4.78 is 37.9. The van der Waals surface area contributed by atoms with Gasteiger partial charge >= 0.3 is 6.18 Å². The van der Waals surface area contributed by atoms with Gasteiger partial charge < -0.3 is 10.6 Å². The second-order valence-corrected chi connectivity index (χ2v) is 3.51. The predicted octanol–water partition coefficient (Wildman–Crippen LogP) is 2.42. The highest BCUT2D eigenvalue weighted by Gasteiger charge is 2.33. The van der Waals surface area contributed by atoms with E-state index in [1.165, 1.54) is 18.2 Å². The van der Waals surface area contributed by atoms with Crippen molar-refractivity contribution >= 4 is 11.6 Å². The van der Waals surface area contributed by atoms with Gasteiger partial charge in [0.2, 0.25) is 5.91 Å². The predicted molar refractivity (Wildman–Crippen MR) is 63.1 cm³/mol. The van der Waals surface area contributed by atoms with Crippen molar-refractivity contribution in [2.45, 2.75) is 6.18 Å². The van der Waals surface area contributed by atoms with Crippen LogP contribution in [0.3, 0.4) is 0 Å². The SMILES string of the molecule is C=CCNCC(=O)Nc1ccccc1C(F)(F)F. The number of rotatable bonds is 5. The van der Waals surface area contributed by atoms with E-state index in [-0.39, 0.29) is 12.2 Å². The van der Waals surface area contributed by atoms with E-state index in [9.17, 15) is 18.0 Å². The first-order valence-corrected chi connectivity index (χ1v) is 5.23. The lowest BCUT2D eigenvalue weighted by molar-refractivity contribution is -0.137. The molecule has 1 aromatic carbocycles. The lowest BCUT2D eigenvalue weighted by Gasteiger charge is -2.13. The standard InChI is InChI=1S/C12H13F3N2O/c1-2-7-16-8-11(18)17-10-6-4-3-5-9(10)12(13,14)15/h2-6,16H,1,7-8H2,(H,17,18). The summed E-state index contributed by atoms with van der Waals surface area (Å²) in [5.41, 5.74) is -1.10. The molecule has 98 valence electrons. The number of benzene rings is 1. The van der Waals surface area contributed by atoms with E-state index in [1.807, 2.05) is 0 Å². The van der Waals surface area contributed by atoms with Crippen LogP contribution in [0.25, 0.3) is 0 Å². The number of anilines is 1. The van der Waals surface area contributed by atoms with E-state index in [2.05, 4.69) is 17.2 Å². The summed E-state index contributed by atoms with van der Waals surface area (Å²) in [5, 5.41) is 4.92. The van der Waals surface area contributed by atoms with Crippen molar-refractivity contribution in [1.82, 2.24) is 5.32 Å². The fourth-order valence-electron chi connectivity index (χ4n) is 1.32. The molecule has 6 heteroatoms. The summed E-state index contributed by atoms with van der Waals surface area (Å²) in [6.45, 7) is 3.78. The van der Waals surface area contributed by atoms with Gasteiger partial charge in [0.05, 0.1) is 17.8 Å². The van der Waals surface area contributed by atoms with Gasteiger partial charge in [0.1, 0.15) is 0 Å². The second-order valence-electron chi connectivity index (χ2n) is 3.51. The van der Waals surface area contributed by atoms with Gasteiger partial charge in [-0.05, 0) is 12.1 Å². The van der Waals surface area contributed by atoms with Gasteiger partial charge in [-0.1, -0.05) is 18.2 Å². The fraction of sp³-hybridized carbons (Fsp3) is 0.250. The smallest absolute Gasteiger partial charge is 0.324 e. The number of amides is 1. The number of hydrogen-bond donors (Lipinski definition) is 2. The number of para-hydroxylation sites is 1. The third-order valence-electron chi connectivity index (χ3n) is 2.08. The van der Waals surface area contributed by atoms with Crippen molar-refractivity contribution in [1.29, 1.82) is 0 Å². The van der Waals surface area contributed by atoms with E-state index < -0.39 is 17.6 Å². The first-order valence-electron chi connectivity index (χ1n) is 5.23. The van der Waals surface area contributed by atoms with Crippen LogP contribution >= 0.6 is 0 Å². The van der Waals surface area contributed by atoms with Crippen molar-refractivity contribution in [3.63, 3.8) is 0 Å². The molecule has 1 rings (SSSR count). The van der Waals surface area contributed by atoms with Crippen LogP contribution < -0.4 is 10.6 Å². The first kappa shape index (κ1) is 14.2. The highest BCUT2D eigenvalue weighted by molar-refractivity contribution is 5.93. The summed E-state index contributed by atoms with van der Waals surface area (Å²) in [6.07, 6.45) is -2.94. The number of hydrogen-bond acceptors (Lipinski definition) is 2. The molecule has 0 bridgehead atoms. The Labute approximate surface area is 103 Å². The highest BCUT2D eigenvalue weighted by Crippen LogP contribution is 2.34. The Hall–Kier alpha value is -1.82. The monoisotopic (exact) mass is 258 g/mol. The lowest BCUT2D eigenvalue weighted by Crippen LogP contribution is -2.28. The molecule has 2 N–H and O–H groups in total. The summed E-state index contributed by atoms with van der Waals surface area (Å²) in [6, 6.07) is 4.84. The van der Waals surface area contributed by atoms with Crippen LogP contribution in [0.2, 0.25) is 0 Å². The minimum atomic E-state index is -4.49. The van der Waals surface area contributed by atoms with Crippen molar-refractivity contribution in [3.8, 4) is 0 Å². The van der Waals surface area contributed by atoms with Crippen molar-refractivity contribution < 1.29 is 18.0 Å². The number of carbonyl (C=O) groups excluding carboxylic acids is 1. The van der Waals surface area contributed by atoms with E-state index >= 15 is 0 Å². The highest BCUT2D eigenvalue weighted by atomic mass is 19.4. The third kappa shape index (κ3) is 4.21. The molecule has 18 heavy (non-hydrogen) atoms. The Morgan fingerprint density at radius 1 is 1.33 bits per heavy atom. The van der Waals surface area contributed by atoms with Gasteiger partial charge in [-0.15, -0.1) is 6.58 Å². The van der Waals surface area contributed by atoms with Gasteiger partial charge in [0, 0.05) is 6.54 Å². The Bertz CT molecular complexity index is 430. The van der Waals surface area contributed by atoms with Crippen LogP contribution in [0, 0.1) is 0 Å². The molecular formula is C12H13F3N2O. The number of halogens is 3. The lowest BCUT2D eigenvalue weighted by atomic mass is 10.1. The van der Waals surface area contributed by atoms with Crippen LogP contribution in [-0.4, -0.2) is 19.0 Å². The molecule has 0 fully saturated rings. The Kier molecular flexibility index (Phi) is 4.91. The van der Waals surface area contributed by atoms with Crippen LogP contribution in [-0.2, 0) is 11.0 Å². The summed E-state index contributed by atoms with van der Waals surface area (Å²) in [4.78, 5) is 11.4. The van der Waals surface area contributed by atoms with Gasteiger partial charge in [0.15, 0.2) is 0 Å². The van der Waals surface area contributed by atoms with Gasteiger partial charge in [-0.2, -0.15) is 13.2 Å². The molecular weight excluding hydrogens is 245 g/mol. The normalized spacial score (nSPS) is 11.1. The third-order valence-corrected chi connectivity index (χ3v) is 2.08. The molecule has 0 spiro atoms. The molecule has 0 atom stereocenters. The summed E-state index contributed by atoms with van der Waals surface area (Å²) in [7, 11) is 0. The van der Waals surface area contributed by atoms with Crippen molar-refractivity contribution in [2.75, 3.05) is 18.4 Å². The van der Waals surface area contributed by atoms with Crippen molar-refractivity contribution in [3.05, 3.63) is 42.5 Å². The van der Waals surface area contributed by atoms with E-state index in [0.29, 0.717) is 6.54 Å². The fourth-order valence-corrected chi connectivity index (χ4v) is 1.32. The van der Waals surface area contributed by atoms with E-state index in [0.717, 1.165) is 6.07 Å². The minimum Gasteiger partial charge on any atom is -0.324 e. The molecule has 0 aliphatic rings. The molecule has 1 amide bonds. The number of alkyl halides is 3. The average Bonchev–Trinajstić information content (AvgIpc) is 2.28. The molecule has 0 unspecified atom stereocenters. The van der Waals surface area contributed by atoms with Gasteiger partial charge in [-0.25, -0.2) is 0 Å². The number of carbonyl (C=O) groups is 1. The maximum absolute atomic E-state index is 12.6. The Balaban J connectivity index is 2.72. The molecule has 0 saturated carbocycles. The zero-order valence-electron chi connectivity index (χ0n) is 9.55. The largest absolute Gasteiger partial charge is 0.418 e. The van der Waals surface area contributed by atoms with E-state index in [1.54, 1.807) is 6.08 Å². The van der Waals surface area contributed by atoms with Gasteiger partial charge in [-0.3, -0.25) is 4.79 Å². The maximum atomic E-state index is 12.6. The quantitative estimate of drug-likeness (QED) is 0.629. The van der Waals surface area contributed by atoms with Crippen LogP contribution in [0.1, 0.15) is 5.56 Å². The zero-order valence-corrected chi connectivity index (χ0v) is 9.55. The van der Waals surface area contributed by atoms with E-state index in [4.69, 9.17) is 0 Å². The summed E-state index contributed by atoms with van der Waals surface area (Å²) >= 11 is 0. The molecule has 0 aliphatic carbocycles. The maximum Gasteiger partial charge on any atom is 0.418 e. The molecule has 3 nitrogen and oxygen atoms in total. The Morgan fingerprint density at radius 3 is 2.61 bits per heavy atom. The molecule has 0 aliphatic heterocycles.